The predicted molar refractivity (Wildman–Crippen MR) is 53.3 cm³/mol. The third-order valence-corrected chi connectivity index (χ3v) is 2.63. The largest absolute Gasteiger partial charge is 0.478 e. The quantitative estimate of drug-likeness (QED) is 0.782. The van der Waals surface area contributed by atoms with Gasteiger partial charge in [-0.25, -0.2) is 9.18 Å². The Labute approximate surface area is 86.9 Å². The Bertz CT molecular complexity index is 386. The van der Waals surface area contributed by atoms with Crippen LogP contribution in [0.5, 0.6) is 0 Å². The molecule has 2 rings (SSSR count). The van der Waals surface area contributed by atoms with E-state index in [4.69, 9.17) is 5.11 Å². The lowest BCUT2D eigenvalue weighted by Crippen LogP contribution is -2.13. The van der Waals surface area contributed by atoms with Crippen LogP contribution in [0.1, 0.15) is 34.8 Å². The Morgan fingerprint density at radius 1 is 1.47 bits per heavy atom. The van der Waals surface area contributed by atoms with Crippen LogP contribution in [0.4, 0.5) is 4.39 Å². The minimum Gasteiger partial charge on any atom is -0.478 e. The second kappa shape index (κ2) is 3.98. The Balaban J connectivity index is 2.34. The van der Waals surface area contributed by atoms with Gasteiger partial charge in [-0.05, 0) is 43.1 Å². The van der Waals surface area contributed by atoms with Crippen molar-refractivity contribution in [3.63, 3.8) is 0 Å². The zero-order valence-electron chi connectivity index (χ0n) is 8.16. The van der Waals surface area contributed by atoms with Gasteiger partial charge in [0.25, 0.3) is 0 Å². The summed E-state index contributed by atoms with van der Waals surface area (Å²) in [5, 5.41) is 12.0. The van der Waals surface area contributed by atoms with E-state index in [1.807, 2.05) is 0 Å². The van der Waals surface area contributed by atoms with Gasteiger partial charge in [0.05, 0.1) is 5.56 Å². The first kappa shape index (κ1) is 10.1. The predicted octanol–water partition coefficient (Wildman–Crippen LogP) is 1.95. The summed E-state index contributed by atoms with van der Waals surface area (Å²) in [5.41, 5.74) is 0.739. The Morgan fingerprint density at radius 3 is 2.87 bits per heavy atom. The summed E-state index contributed by atoms with van der Waals surface area (Å²) in [5.74, 6) is -1.58. The number of hydrogen-bond donors (Lipinski definition) is 2. The minimum atomic E-state index is -1.09. The molecule has 1 atom stereocenters. The fourth-order valence-corrected chi connectivity index (χ4v) is 1.91. The topological polar surface area (TPSA) is 49.3 Å². The first-order chi connectivity index (χ1) is 7.16. The van der Waals surface area contributed by atoms with Gasteiger partial charge in [-0.3, -0.25) is 0 Å². The van der Waals surface area contributed by atoms with Crippen molar-refractivity contribution in [1.82, 2.24) is 5.32 Å². The van der Waals surface area contributed by atoms with Crippen LogP contribution < -0.4 is 5.32 Å². The molecule has 0 aromatic heterocycles. The molecule has 4 heteroatoms. The zero-order valence-corrected chi connectivity index (χ0v) is 8.16. The fraction of sp³-hybridized carbons (Fsp3) is 0.364. The molecule has 15 heavy (non-hydrogen) atoms. The summed E-state index contributed by atoms with van der Waals surface area (Å²) in [4.78, 5) is 10.7. The monoisotopic (exact) mass is 209 g/mol. The fourth-order valence-electron chi connectivity index (χ4n) is 1.91. The van der Waals surface area contributed by atoms with Crippen LogP contribution >= 0.6 is 0 Å². The van der Waals surface area contributed by atoms with E-state index in [0.717, 1.165) is 31.0 Å². The van der Waals surface area contributed by atoms with Crippen LogP contribution in [0, 0.1) is 5.82 Å². The van der Waals surface area contributed by atoms with E-state index in [-0.39, 0.29) is 11.6 Å². The number of carboxylic acids is 1. The normalized spacial score (nSPS) is 20.5. The molecule has 1 aliphatic rings. The lowest BCUT2D eigenvalue weighted by atomic mass is 10.0. The molecular formula is C11H12FNO2. The summed E-state index contributed by atoms with van der Waals surface area (Å²) >= 11 is 0. The van der Waals surface area contributed by atoms with Gasteiger partial charge in [0.2, 0.25) is 0 Å². The smallest absolute Gasteiger partial charge is 0.335 e. The summed E-state index contributed by atoms with van der Waals surface area (Å²) in [6.07, 6.45) is 1.98. The number of halogens is 1. The molecule has 2 N–H and O–H groups in total. The molecule has 0 radical (unpaired) electrons. The molecule has 1 aliphatic heterocycles. The van der Waals surface area contributed by atoms with E-state index >= 15 is 0 Å². The molecule has 1 saturated heterocycles. The molecule has 0 amide bonds. The zero-order chi connectivity index (χ0) is 10.8. The number of benzene rings is 1. The lowest BCUT2D eigenvalue weighted by molar-refractivity contribution is 0.0696. The van der Waals surface area contributed by atoms with Crippen LogP contribution in [0.2, 0.25) is 0 Å². The number of aromatic carboxylic acids is 1. The summed E-state index contributed by atoms with van der Waals surface area (Å²) in [7, 11) is 0. The van der Waals surface area contributed by atoms with Gasteiger partial charge in [0.15, 0.2) is 0 Å². The van der Waals surface area contributed by atoms with Crippen LogP contribution in [0.15, 0.2) is 18.2 Å². The minimum absolute atomic E-state index is 0.0127. The van der Waals surface area contributed by atoms with Gasteiger partial charge in [-0.1, -0.05) is 0 Å². The number of rotatable bonds is 2. The molecule has 0 bridgehead atoms. The molecule has 3 nitrogen and oxygen atoms in total. The highest BCUT2D eigenvalue weighted by atomic mass is 19.1. The van der Waals surface area contributed by atoms with Gasteiger partial charge >= 0.3 is 5.97 Å². The maximum Gasteiger partial charge on any atom is 0.335 e. The van der Waals surface area contributed by atoms with Gasteiger partial charge in [0.1, 0.15) is 5.82 Å². The molecule has 80 valence electrons. The highest BCUT2D eigenvalue weighted by Crippen LogP contribution is 2.24. The molecule has 0 aliphatic carbocycles. The number of hydrogen-bond acceptors (Lipinski definition) is 2. The van der Waals surface area contributed by atoms with Crippen molar-refractivity contribution in [3.05, 3.63) is 35.1 Å². The molecule has 1 heterocycles. The van der Waals surface area contributed by atoms with E-state index in [1.54, 1.807) is 0 Å². The number of carbonyl (C=O) groups is 1. The molecule has 0 saturated carbocycles. The molecule has 1 aromatic carbocycles. The van der Waals surface area contributed by atoms with Crippen molar-refractivity contribution >= 4 is 5.97 Å². The van der Waals surface area contributed by atoms with Crippen LogP contribution in [0.3, 0.4) is 0 Å². The van der Waals surface area contributed by atoms with Gasteiger partial charge in [0, 0.05) is 6.04 Å². The van der Waals surface area contributed by atoms with Crippen molar-refractivity contribution in [1.29, 1.82) is 0 Å². The number of nitrogens with one attached hydrogen (secondary N) is 1. The van der Waals surface area contributed by atoms with E-state index in [0.29, 0.717) is 0 Å². The average molecular weight is 209 g/mol. The van der Waals surface area contributed by atoms with Gasteiger partial charge in [-0.2, -0.15) is 0 Å². The van der Waals surface area contributed by atoms with Gasteiger partial charge < -0.3 is 10.4 Å². The molecule has 1 fully saturated rings. The average Bonchev–Trinajstić information content (AvgIpc) is 2.69. The Kier molecular flexibility index (Phi) is 2.68. The third-order valence-electron chi connectivity index (χ3n) is 2.63. The number of carboxylic acid groups (broad SMARTS) is 1. The SMILES string of the molecule is O=C(O)c1cc(F)cc([C@@H]2CCCN2)c1. The van der Waals surface area contributed by atoms with Crippen molar-refractivity contribution in [3.8, 4) is 0 Å². The highest BCUT2D eigenvalue weighted by Gasteiger charge is 2.18. The molecular weight excluding hydrogens is 197 g/mol. The maximum atomic E-state index is 13.2. The maximum absolute atomic E-state index is 13.2. The highest BCUT2D eigenvalue weighted by molar-refractivity contribution is 5.87. The first-order valence-electron chi connectivity index (χ1n) is 4.94. The molecule has 1 aromatic rings. The van der Waals surface area contributed by atoms with E-state index in [2.05, 4.69) is 5.32 Å². The Morgan fingerprint density at radius 2 is 2.27 bits per heavy atom. The summed E-state index contributed by atoms with van der Waals surface area (Å²) in [6, 6.07) is 4.07. The summed E-state index contributed by atoms with van der Waals surface area (Å²) in [6.45, 7) is 0.906. The standard InChI is InChI=1S/C11H12FNO2/c12-9-5-7(10-2-1-3-13-10)4-8(6-9)11(14)15/h4-6,10,13H,1-3H2,(H,14,15)/t10-/m0/s1. The van der Waals surface area contributed by atoms with E-state index in [1.165, 1.54) is 12.1 Å². The second-order valence-electron chi connectivity index (χ2n) is 3.73. The third kappa shape index (κ3) is 2.15. The second-order valence-corrected chi connectivity index (χ2v) is 3.73. The van der Waals surface area contributed by atoms with Crippen molar-refractivity contribution in [2.24, 2.45) is 0 Å². The van der Waals surface area contributed by atoms with Crippen molar-refractivity contribution in [2.45, 2.75) is 18.9 Å². The Hall–Kier alpha value is -1.42. The van der Waals surface area contributed by atoms with Crippen molar-refractivity contribution in [2.75, 3.05) is 6.54 Å². The van der Waals surface area contributed by atoms with Crippen molar-refractivity contribution < 1.29 is 14.3 Å². The van der Waals surface area contributed by atoms with Crippen LogP contribution in [0.25, 0.3) is 0 Å². The molecule has 0 spiro atoms. The summed E-state index contributed by atoms with van der Waals surface area (Å²) < 4.78 is 13.2. The first-order valence-corrected chi connectivity index (χ1v) is 4.94. The van der Waals surface area contributed by atoms with Gasteiger partial charge in [-0.15, -0.1) is 0 Å². The van der Waals surface area contributed by atoms with E-state index in [9.17, 15) is 9.18 Å². The lowest BCUT2D eigenvalue weighted by Gasteiger charge is -2.11. The van der Waals surface area contributed by atoms with Crippen LogP contribution in [-0.4, -0.2) is 17.6 Å². The van der Waals surface area contributed by atoms with Crippen LogP contribution in [-0.2, 0) is 0 Å². The molecule has 0 unspecified atom stereocenters. The van der Waals surface area contributed by atoms with E-state index < -0.39 is 11.8 Å².